The van der Waals surface area contributed by atoms with Crippen LogP contribution in [0.3, 0.4) is 0 Å². The molecule has 1 aliphatic heterocycles. The molecular formula is C31H29ClFNO5. The summed E-state index contributed by atoms with van der Waals surface area (Å²) in [5.41, 5.74) is 1.57. The summed E-state index contributed by atoms with van der Waals surface area (Å²) in [6, 6.07) is 15.4. The Morgan fingerprint density at radius 3 is 2.49 bits per heavy atom. The second-order valence-corrected chi connectivity index (χ2v) is 9.91. The Labute approximate surface area is 230 Å². The quantitative estimate of drug-likeness (QED) is 0.194. The van der Waals surface area contributed by atoms with Gasteiger partial charge in [0, 0.05) is 11.6 Å². The van der Waals surface area contributed by atoms with Crippen molar-refractivity contribution >= 4 is 28.5 Å². The Hall–Kier alpha value is -3.84. The molecule has 8 heteroatoms. The van der Waals surface area contributed by atoms with Crippen LogP contribution < -0.4 is 14.9 Å². The van der Waals surface area contributed by atoms with E-state index in [9.17, 15) is 14.0 Å². The molecule has 0 aliphatic carbocycles. The van der Waals surface area contributed by atoms with Gasteiger partial charge in [-0.3, -0.25) is 9.59 Å². The molecule has 1 atom stereocenters. The van der Waals surface area contributed by atoms with Crippen LogP contribution in [0, 0.1) is 5.82 Å². The molecule has 1 aliphatic rings. The van der Waals surface area contributed by atoms with Gasteiger partial charge in [0.15, 0.2) is 16.9 Å². The number of ether oxygens (including phenoxy) is 2. The molecular weight excluding hydrogens is 521 g/mol. The van der Waals surface area contributed by atoms with E-state index in [-0.39, 0.29) is 34.7 Å². The van der Waals surface area contributed by atoms with E-state index in [1.165, 1.54) is 12.1 Å². The van der Waals surface area contributed by atoms with Crippen molar-refractivity contribution in [3.63, 3.8) is 0 Å². The van der Waals surface area contributed by atoms with E-state index in [1.807, 2.05) is 25.1 Å². The maximum atomic E-state index is 13.8. The third-order valence-corrected chi connectivity index (χ3v) is 7.02. The molecule has 0 bridgehead atoms. The van der Waals surface area contributed by atoms with Crippen LogP contribution in [0.2, 0.25) is 5.02 Å². The molecule has 0 saturated heterocycles. The predicted molar refractivity (Wildman–Crippen MR) is 148 cm³/mol. The van der Waals surface area contributed by atoms with E-state index in [0.29, 0.717) is 46.2 Å². The van der Waals surface area contributed by atoms with Crippen LogP contribution in [0.4, 0.5) is 4.39 Å². The zero-order valence-corrected chi connectivity index (χ0v) is 22.6. The van der Waals surface area contributed by atoms with Gasteiger partial charge in [-0.15, -0.1) is 0 Å². The Morgan fingerprint density at radius 1 is 0.949 bits per heavy atom. The number of carbonyl (C=O) groups is 1. The molecule has 0 saturated carbocycles. The summed E-state index contributed by atoms with van der Waals surface area (Å²) in [5, 5.41) is 0.686. The molecule has 1 amide bonds. The highest BCUT2D eigenvalue weighted by Crippen LogP contribution is 2.42. The third kappa shape index (κ3) is 5.36. The monoisotopic (exact) mass is 549 g/mol. The molecule has 1 unspecified atom stereocenters. The lowest BCUT2D eigenvalue weighted by molar-refractivity contribution is 0.0714. The van der Waals surface area contributed by atoms with E-state index >= 15 is 0 Å². The molecule has 4 aromatic rings. The van der Waals surface area contributed by atoms with Crippen LogP contribution in [-0.4, -0.2) is 24.0 Å². The summed E-state index contributed by atoms with van der Waals surface area (Å²) < 4.78 is 31.5. The molecule has 0 radical (unpaired) electrons. The number of nitrogens with zero attached hydrogens (tertiary/aromatic N) is 1. The SMILES string of the molecule is CCCCCOc1ccc(C2c3c(oc4ccc(Cl)cc4c3=O)C(=O)N2Cc2ccc(F)cc2)cc1OCC. The fourth-order valence-corrected chi connectivity index (χ4v) is 5.08. The van der Waals surface area contributed by atoms with Gasteiger partial charge < -0.3 is 18.8 Å². The fraction of sp³-hybridized carbons (Fsp3) is 0.290. The average Bonchev–Trinajstić information content (AvgIpc) is 3.20. The normalized spacial score (nSPS) is 14.6. The van der Waals surface area contributed by atoms with Gasteiger partial charge in [-0.1, -0.05) is 49.6 Å². The first-order chi connectivity index (χ1) is 18.9. The van der Waals surface area contributed by atoms with Gasteiger partial charge in [-0.05, 0) is 66.9 Å². The summed E-state index contributed by atoms with van der Waals surface area (Å²) in [6.07, 6.45) is 3.08. The Morgan fingerprint density at radius 2 is 1.74 bits per heavy atom. The first-order valence-corrected chi connectivity index (χ1v) is 13.5. The van der Waals surface area contributed by atoms with E-state index in [0.717, 1.165) is 19.3 Å². The first-order valence-electron chi connectivity index (χ1n) is 13.1. The maximum Gasteiger partial charge on any atom is 0.291 e. The van der Waals surface area contributed by atoms with Gasteiger partial charge in [0.1, 0.15) is 11.4 Å². The zero-order chi connectivity index (χ0) is 27.5. The van der Waals surface area contributed by atoms with E-state index in [4.69, 9.17) is 25.5 Å². The highest BCUT2D eigenvalue weighted by Gasteiger charge is 2.43. The molecule has 6 nitrogen and oxygen atoms in total. The fourth-order valence-electron chi connectivity index (χ4n) is 4.91. The summed E-state index contributed by atoms with van der Waals surface area (Å²) in [5.74, 6) is 0.319. The number of unbranched alkanes of at least 4 members (excludes halogenated alkanes) is 2. The molecule has 1 aromatic heterocycles. The number of rotatable bonds is 10. The lowest BCUT2D eigenvalue weighted by Gasteiger charge is -2.26. The first kappa shape index (κ1) is 26.8. The molecule has 0 spiro atoms. The Kier molecular flexibility index (Phi) is 7.89. The number of halogens is 2. The minimum absolute atomic E-state index is 0.0141. The number of fused-ring (bicyclic) bond motifs is 2. The standard InChI is InChI=1S/C31H29ClFNO5/c1-3-5-6-15-38-25-13-9-20(16-26(25)37-4-2)28-27-29(35)23-17-21(32)10-14-24(23)39-30(27)31(36)34(28)18-19-7-11-22(33)12-8-19/h7-14,16-17,28H,3-6,15,18H2,1-2H3. The van der Waals surface area contributed by atoms with Crippen molar-refractivity contribution in [1.82, 2.24) is 4.90 Å². The van der Waals surface area contributed by atoms with Gasteiger partial charge in [0.2, 0.25) is 5.76 Å². The van der Waals surface area contributed by atoms with Gasteiger partial charge in [0.25, 0.3) is 5.91 Å². The molecule has 5 rings (SSSR count). The molecule has 202 valence electrons. The highest BCUT2D eigenvalue weighted by molar-refractivity contribution is 6.31. The summed E-state index contributed by atoms with van der Waals surface area (Å²) in [6.45, 7) is 5.13. The average molecular weight is 550 g/mol. The van der Waals surface area contributed by atoms with Gasteiger partial charge in [0.05, 0.1) is 30.2 Å². The van der Waals surface area contributed by atoms with Crippen molar-refractivity contribution in [3.8, 4) is 11.5 Å². The minimum atomic E-state index is -0.759. The van der Waals surface area contributed by atoms with Crippen molar-refractivity contribution in [1.29, 1.82) is 0 Å². The van der Waals surface area contributed by atoms with Gasteiger partial charge in [-0.2, -0.15) is 0 Å². The third-order valence-electron chi connectivity index (χ3n) is 6.78. The van der Waals surface area contributed by atoms with Crippen LogP contribution in [0.25, 0.3) is 11.0 Å². The number of benzene rings is 3. The van der Waals surface area contributed by atoms with Crippen LogP contribution in [0.15, 0.2) is 69.9 Å². The zero-order valence-electron chi connectivity index (χ0n) is 21.8. The van der Waals surface area contributed by atoms with Crippen molar-refractivity contribution in [2.75, 3.05) is 13.2 Å². The van der Waals surface area contributed by atoms with Crippen LogP contribution in [-0.2, 0) is 6.54 Å². The largest absolute Gasteiger partial charge is 0.490 e. The number of hydrogen-bond donors (Lipinski definition) is 0. The lowest BCUT2D eigenvalue weighted by Crippen LogP contribution is -2.29. The Bertz CT molecular complexity index is 1570. The van der Waals surface area contributed by atoms with Crippen LogP contribution in [0.1, 0.15) is 66.4 Å². The van der Waals surface area contributed by atoms with Crippen molar-refractivity contribution in [2.24, 2.45) is 0 Å². The van der Waals surface area contributed by atoms with Crippen molar-refractivity contribution in [3.05, 3.63) is 104 Å². The number of hydrogen-bond acceptors (Lipinski definition) is 5. The van der Waals surface area contributed by atoms with E-state index in [2.05, 4.69) is 6.92 Å². The molecule has 3 aromatic carbocycles. The molecule has 39 heavy (non-hydrogen) atoms. The topological polar surface area (TPSA) is 69.0 Å². The smallest absolute Gasteiger partial charge is 0.291 e. The highest BCUT2D eigenvalue weighted by atomic mass is 35.5. The second kappa shape index (κ2) is 11.5. The van der Waals surface area contributed by atoms with Gasteiger partial charge in [-0.25, -0.2) is 4.39 Å². The molecule has 0 N–H and O–H groups in total. The van der Waals surface area contributed by atoms with Crippen molar-refractivity contribution in [2.45, 2.75) is 45.7 Å². The van der Waals surface area contributed by atoms with Gasteiger partial charge >= 0.3 is 0 Å². The lowest BCUT2D eigenvalue weighted by atomic mass is 9.97. The number of carbonyl (C=O) groups excluding carboxylic acids is 1. The number of amides is 1. The summed E-state index contributed by atoms with van der Waals surface area (Å²) in [7, 11) is 0. The molecule has 2 heterocycles. The Balaban J connectivity index is 1.63. The molecule has 0 fully saturated rings. The minimum Gasteiger partial charge on any atom is -0.490 e. The maximum absolute atomic E-state index is 13.8. The second-order valence-electron chi connectivity index (χ2n) is 9.47. The summed E-state index contributed by atoms with van der Waals surface area (Å²) >= 11 is 6.19. The van der Waals surface area contributed by atoms with Crippen LogP contribution in [0.5, 0.6) is 11.5 Å². The van der Waals surface area contributed by atoms with E-state index in [1.54, 1.807) is 35.2 Å². The van der Waals surface area contributed by atoms with Crippen molar-refractivity contribution < 1.29 is 23.1 Å². The predicted octanol–water partition coefficient (Wildman–Crippen LogP) is 7.30. The summed E-state index contributed by atoms with van der Waals surface area (Å²) in [4.78, 5) is 29.1. The van der Waals surface area contributed by atoms with Crippen LogP contribution >= 0.6 is 11.6 Å². The van der Waals surface area contributed by atoms with E-state index < -0.39 is 11.9 Å².